The number of rotatable bonds is 4. The van der Waals surface area contributed by atoms with E-state index in [1.54, 1.807) is 6.20 Å². The molecule has 1 N–H and O–H groups in total. The van der Waals surface area contributed by atoms with E-state index >= 15 is 0 Å². The zero-order valence-electron chi connectivity index (χ0n) is 18.6. The number of hydrogen-bond donors (Lipinski definition) is 1. The monoisotopic (exact) mass is 421 g/mol. The number of anilines is 1. The molecule has 1 aromatic heterocycles. The minimum absolute atomic E-state index is 0.139. The lowest BCUT2D eigenvalue weighted by atomic mass is 10.0. The third kappa shape index (κ3) is 4.55. The van der Waals surface area contributed by atoms with Gasteiger partial charge >= 0.3 is 0 Å². The Morgan fingerprint density at radius 3 is 2.48 bits per heavy atom. The summed E-state index contributed by atoms with van der Waals surface area (Å²) in [5.74, 6) is -0.245. The van der Waals surface area contributed by atoms with Gasteiger partial charge in [0.2, 0.25) is 5.91 Å². The predicted octanol–water partition coefficient (Wildman–Crippen LogP) is 2.65. The first-order valence-corrected chi connectivity index (χ1v) is 11.1. The van der Waals surface area contributed by atoms with Gasteiger partial charge in [-0.25, -0.2) is 4.98 Å². The molecule has 0 bridgehead atoms. The van der Waals surface area contributed by atoms with Crippen LogP contribution in [-0.4, -0.2) is 58.9 Å². The van der Waals surface area contributed by atoms with Crippen molar-refractivity contribution in [3.63, 3.8) is 0 Å². The maximum Gasteiger partial charge on any atom is 0.271 e. The second-order valence-corrected chi connectivity index (χ2v) is 8.69. The zero-order valence-corrected chi connectivity index (χ0v) is 18.6. The normalized spacial score (nSPS) is 21.3. The lowest BCUT2D eigenvalue weighted by Crippen LogP contribution is -2.53. The molecule has 2 aliphatic rings. The molecule has 7 nitrogen and oxygen atoms in total. The van der Waals surface area contributed by atoms with Crippen molar-refractivity contribution in [2.75, 3.05) is 31.1 Å². The summed E-state index contributed by atoms with van der Waals surface area (Å²) in [6, 6.07) is 6.26. The van der Waals surface area contributed by atoms with Crippen molar-refractivity contribution >= 4 is 17.5 Å². The first-order valence-electron chi connectivity index (χ1n) is 11.1. The molecule has 164 valence electrons. The van der Waals surface area contributed by atoms with E-state index in [1.165, 1.54) is 23.0 Å². The van der Waals surface area contributed by atoms with E-state index in [4.69, 9.17) is 0 Å². The molecular formula is C24H31N5O2. The average molecular weight is 422 g/mol. The first kappa shape index (κ1) is 21.3. The van der Waals surface area contributed by atoms with Crippen LogP contribution in [0.4, 0.5) is 5.69 Å². The smallest absolute Gasteiger partial charge is 0.271 e. The minimum atomic E-state index is -0.253. The molecule has 0 spiro atoms. The van der Waals surface area contributed by atoms with Gasteiger partial charge in [-0.15, -0.1) is 0 Å². The van der Waals surface area contributed by atoms with Crippen LogP contribution in [0.5, 0.6) is 0 Å². The average Bonchev–Trinajstić information content (AvgIpc) is 3.24. The number of hydrogen-bond acceptors (Lipinski definition) is 5. The number of carbonyl (C=O) groups excluding carboxylic acids is 2. The molecule has 1 saturated heterocycles. The Hall–Kier alpha value is -2.96. The fourth-order valence-corrected chi connectivity index (χ4v) is 4.66. The summed E-state index contributed by atoms with van der Waals surface area (Å²) < 4.78 is 0. The maximum atomic E-state index is 13.3. The Morgan fingerprint density at radius 1 is 1.00 bits per heavy atom. The molecule has 4 rings (SSSR count). The quantitative estimate of drug-likeness (QED) is 0.821. The van der Waals surface area contributed by atoms with E-state index in [0.717, 1.165) is 38.0 Å². The van der Waals surface area contributed by atoms with Crippen molar-refractivity contribution < 1.29 is 9.59 Å². The zero-order chi connectivity index (χ0) is 22.0. The third-order valence-electron chi connectivity index (χ3n) is 6.67. The Kier molecular flexibility index (Phi) is 6.20. The lowest BCUT2D eigenvalue weighted by Gasteiger charge is -2.38. The van der Waals surface area contributed by atoms with Crippen LogP contribution >= 0.6 is 0 Å². The highest BCUT2D eigenvalue weighted by Gasteiger charge is 2.37. The molecule has 7 heteroatoms. The first-order chi connectivity index (χ1) is 14.9. The van der Waals surface area contributed by atoms with Crippen LogP contribution in [0.25, 0.3) is 0 Å². The topological polar surface area (TPSA) is 78.4 Å². The maximum absolute atomic E-state index is 13.3. The van der Waals surface area contributed by atoms with Crippen molar-refractivity contribution in [1.29, 1.82) is 0 Å². The van der Waals surface area contributed by atoms with Gasteiger partial charge < -0.3 is 15.1 Å². The van der Waals surface area contributed by atoms with Crippen LogP contribution in [0.2, 0.25) is 0 Å². The number of piperazine rings is 1. The molecule has 31 heavy (non-hydrogen) atoms. The number of nitrogens with one attached hydrogen (secondary N) is 1. The second kappa shape index (κ2) is 9.04. The van der Waals surface area contributed by atoms with E-state index in [0.29, 0.717) is 18.8 Å². The van der Waals surface area contributed by atoms with Gasteiger partial charge in [0.05, 0.1) is 17.8 Å². The van der Waals surface area contributed by atoms with Crippen molar-refractivity contribution in [3.8, 4) is 0 Å². The summed E-state index contributed by atoms with van der Waals surface area (Å²) in [6.07, 6.45) is 5.67. The molecule has 2 aromatic rings. The molecule has 0 unspecified atom stereocenters. The largest absolute Gasteiger partial charge is 0.368 e. The summed E-state index contributed by atoms with van der Waals surface area (Å²) in [7, 11) is 0. The summed E-state index contributed by atoms with van der Waals surface area (Å²) in [5.41, 5.74) is 4.92. The second-order valence-electron chi connectivity index (χ2n) is 8.69. The molecule has 1 aliphatic heterocycles. The van der Waals surface area contributed by atoms with Crippen LogP contribution in [0.1, 0.15) is 46.6 Å². The van der Waals surface area contributed by atoms with Gasteiger partial charge in [0.25, 0.3) is 5.91 Å². The Balaban J connectivity index is 1.36. The van der Waals surface area contributed by atoms with Gasteiger partial charge in [0.15, 0.2) is 0 Å². The number of amides is 2. The highest BCUT2D eigenvalue weighted by Crippen LogP contribution is 2.29. The van der Waals surface area contributed by atoms with Gasteiger partial charge in [0, 0.05) is 44.1 Å². The minimum Gasteiger partial charge on any atom is -0.368 e. The SMILES string of the molecule is Cc1cnc(C(=O)N[C@@H]2CCC[C@@H]2C(=O)N2CCN(c3cccc(C)c3C)CC2)cn1. The molecule has 2 fully saturated rings. The van der Waals surface area contributed by atoms with Crippen molar-refractivity contribution in [3.05, 3.63) is 53.1 Å². The van der Waals surface area contributed by atoms with Crippen molar-refractivity contribution in [1.82, 2.24) is 20.2 Å². The van der Waals surface area contributed by atoms with E-state index in [1.807, 2.05) is 11.8 Å². The van der Waals surface area contributed by atoms with E-state index < -0.39 is 0 Å². The number of nitrogens with zero attached hydrogens (tertiary/aromatic N) is 4. The summed E-state index contributed by atoms with van der Waals surface area (Å²) >= 11 is 0. The van der Waals surface area contributed by atoms with E-state index in [9.17, 15) is 9.59 Å². The molecule has 2 atom stereocenters. The van der Waals surface area contributed by atoms with E-state index in [2.05, 4.69) is 52.2 Å². The fraction of sp³-hybridized carbons (Fsp3) is 0.500. The predicted molar refractivity (Wildman–Crippen MR) is 120 cm³/mol. The van der Waals surface area contributed by atoms with Gasteiger partial charge in [-0.1, -0.05) is 18.6 Å². The standard InChI is InChI=1S/C24H31N5O2/c1-16-6-4-9-22(18(16)3)28-10-12-29(13-11-28)24(31)19-7-5-8-20(19)27-23(30)21-15-25-17(2)14-26-21/h4,6,9,14-15,19-20H,5,7-8,10-13H2,1-3H3,(H,27,30)/t19-,20+/m0/s1. The third-order valence-corrected chi connectivity index (χ3v) is 6.67. The molecule has 1 aromatic carbocycles. The van der Waals surface area contributed by atoms with Crippen LogP contribution < -0.4 is 10.2 Å². The Bertz CT molecular complexity index is 951. The number of carbonyl (C=O) groups is 2. The summed E-state index contributed by atoms with van der Waals surface area (Å²) in [5, 5.41) is 3.03. The summed E-state index contributed by atoms with van der Waals surface area (Å²) in [6.45, 7) is 9.22. The number of aryl methyl sites for hydroxylation is 2. The highest BCUT2D eigenvalue weighted by atomic mass is 16.2. The molecule has 1 saturated carbocycles. The molecule has 1 aliphatic carbocycles. The lowest BCUT2D eigenvalue weighted by molar-refractivity contribution is -0.136. The summed E-state index contributed by atoms with van der Waals surface area (Å²) in [4.78, 5) is 38.5. The van der Waals surface area contributed by atoms with Crippen molar-refractivity contribution in [2.45, 2.75) is 46.1 Å². The van der Waals surface area contributed by atoms with Crippen LogP contribution in [0.3, 0.4) is 0 Å². The molecular weight excluding hydrogens is 390 g/mol. The van der Waals surface area contributed by atoms with Crippen LogP contribution in [-0.2, 0) is 4.79 Å². The highest BCUT2D eigenvalue weighted by molar-refractivity contribution is 5.92. The van der Waals surface area contributed by atoms with Gasteiger partial charge in [0.1, 0.15) is 5.69 Å². The molecule has 0 radical (unpaired) electrons. The fourth-order valence-electron chi connectivity index (χ4n) is 4.66. The Morgan fingerprint density at radius 2 is 1.77 bits per heavy atom. The molecule has 2 amide bonds. The molecule has 2 heterocycles. The van der Waals surface area contributed by atoms with Gasteiger partial charge in [-0.2, -0.15) is 0 Å². The van der Waals surface area contributed by atoms with E-state index in [-0.39, 0.29) is 23.8 Å². The van der Waals surface area contributed by atoms with Gasteiger partial charge in [-0.3, -0.25) is 14.6 Å². The van der Waals surface area contributed by atoms with Gasteiger partial charge in [-0.05, 0) is 50.8 Å². The van der Waals surface area contributed by atoms with Crippen molar-refractivity contribution in [2.24, 2.45) is 5.92 Å². The Labute approximate surface area is 183 Å². The number of aromatic nitrogens is 2. The number of benzene rings is 1. The van der Waals surface area contributed by atoms with Crippen LogP contribution in [0.15, 0.2) is 30.6 Å². The van der Waals surface area contributed by atoms with Crippen LogP contribution in [0, 0.1) is 26.7 Å².